The molecule has 1 saturated heterocycles. The third kappa shape index (κ3) is 17.6. The minimum atomic E-state index is -1.86. The Hall–Kier alpha value is -2.63. The summed E-state index contributed by atoms with van der Waals surface area (Å²) in [5, 5.41) is 14.8. The Bertz CT molecular complexity index is 1070. The molecule has 0 aliphatic carbocycles. The Labute approximate surface area is 308 Å². The highest BCUT2D eigenvalue weighted by molar-refractivity contribution is 6.76. The van der Waals surface area contributed by atoms with Crippen LogP contribution in [0.1, 0.15) is 133 Å². The molecule has 1 fully saturated rings. The summed E-state index contributed by atoms with van der Waals surface area (Å²) in [6.45, 7) is 24.7. The summed E-state index contributed by atoms with van der Waals surface area (Å²) in [6, 6.07) is 2.05. The van der Waals surface area contributed by atoms with Gasteiger partial charge >= 0.3 is 11.9 Å². The minimum absolute atomic E-state index is 0.0223. The maximum Gasteiger partial charge on any atom is 0.333 e. The van der Waals surface area contributed by atoms with Crippen molar-refractivity contribution in [3.8, 4) is 0 Å². The Morgan fingerprint density at radius 3 is 1.35 bits per heavy atom. The highest BCUT2D eigenvalue weighted by atomic mass is 28.4. The molecule has 1 aliphatic heterocycles. The number of rotatable bonds is 25. The third-order valence-electron chi connectivity index (χ3n) is 9.65. The first-order valence-corrected chi connectivity index (χ1v) is 23.5. The van der Waals surface area contributed by atoms with Crippen LogP contribution in [0.3, 0.4) is 0 Å². The monoisotopic (exact) mass is 759 g/mol. The topological polar surface area (TPSA) is 178 Å². The van der Waals surface area contributed by atoms with Crippen LogP contribution in [0.15, 0.2) is 0 Å². The summed E-state index contributed by atoms with van der Waals surface area (Å²) in [5.74, 6) is -2.72. The van der Waals surface area contributed by atoms with Crippen molar-refractivity contribution in [2.24, 2.45) is 0 Å². The second kappa shape index (κ2) is 25.4. The van der Waals surface area contributed by atoms with E-state index in [1.54, 1.807) is 0 Å². The van der Waals surface area contributed by atoms with E-state index in [1.807, 2.05) is 6.92 Å². The smallest absolute Gasteiger partial charge is 0.333 e. The van der Waals surface area contributed by atoms with Crippen molar-refractivity contribution in [2.75, 3.05) is 26.3 Å². The van der Waals surface area contributed by atoms with Gasteiger partial charge in [-0.15, -0.1) is 5.06 Å². The highest BCUT2D eigenvalue weighted by Gasteiger charge is 2.42. The molecule has 1 heterocycles. The molecule has 51 heavy (non-hydrogen) atoms. The van der Waals surface area contributed by atoms with Crippen molar-refractivity contribution < 1.29 is 47.6 Å². The van der Waals surface area contributed by atoms with Crippen LogP contribution in [0.2, 0.25) is 34.3 Å². The number of hydroxylamine groups is 2. The molecule has 0 spiro atoms. The zero-order chi connectivity index (χ0) is 39.2. The van der Waals surface area contributed by atoms with Crippen LogP contribution >= 0.6 is 0 Å². The first kappa shape index (κ1) is 48.4. The normalized spacial score (nSPS) is 13.6. The lowest BCUT2D eigenvalue weighted by atomic mass is 10.2. The zero-order valence-electron chi connectivity index (χ0n) is 33.2. The van der Waals surface area contributed by atoms with Crippen molar-refractivity contribution in [3.05, 3.63) is 0 Å². The van der Waals surface area contributed by atoms with Gasteiger partial charge < -0.3 is 29.4 Å². The van der Waals surface area contributed by atoms with Gasteiger partial charge in [-0.3, -0.25) is 24.0 Å². The molecule has 0 bridgehead atoms. The predicted molar refractivity (Wildman–Crippen MR) is 203 cm³/mol. The second-order valence-corrected chi connectivity index (χ2v) is 24.5. The average molecular weight is 760 g/mol. The average Bonchev–Trinajstić information content (AvgIpc) is 3.35. The molecule has 1 rings (SSSR count). The molecule has 13 nitrogen and oxygen atoms in total. The van der Waals surface area contributed by atoms with E-state index in [-0.39, 0.29) is 50.3 Å². The summed E-state index contributed by atoms with van der Waals surface area (Å²) < 4.78 is 12.5. The molecule has 0 saturated carbocycles. The fourth-order valence-electron chi connectivity index (χ4n) is 6.80. The lowest BCUT2D eigenvalue weighted by Gasteiger charge is -2.38. The summed E-state index contributed by atoms with van der Waals surface area (Å²) in [5.41, 5.74) is 2.13. The molecule has 296 valence electrons. The van der Waals surface area contributed by atoms with Gasteiger partial charge in [-0.1, -0.05) is 55.4 Å². The molecule has 0 aromatic rings. The van der Waals surface area contributed by atoms with Crippen LogP contribution in [0.25, 0.3) is 0 Å². The SMILES string of the molecule is CCO[Si](CCCNC(=O)CCCC(=O)O)(C(C)C)C(C)C.CCO[Si](CCCNC(=O)CCCC(=O)ON1C(=O)CCC1=O)(C(C)C)C(C)C. The van der Waals surface area contributed by atoms with Gasteiger partial charge in [0.25, 0.3) is 11.8 Å². The van der Waals surface area contributed by atoms with Gasteiger partial charge in [-0.2, -0.15) is 0 Å². The summed E-state index contributed by atoms with van der Waals surface area (Å²) >= 11 is 0. The number of carbonyl (C=O) groups excluding carboxylic acids is 5. The highest BCUT2D eigenvalue weighted by Crippen LogP contribution is 2.38. The van der Waals surface area contributed by atoms with E-state index in [9.17, 15) is 28.8 Å². The first-order chi connectivity index (χ1) is 23.9. The number of carboxylic acid groups (broad SMARTS) is 1. The van der Waals surface area contributed by atoms with Crippen LogP contribution in [0, 0.1) is 0 Å². The van der Waals surface area contributed by atoms with Crippen molar-refractivity contribution in [2.45, 2.75) is 168 Å². The Morgan fingerprint density at radius 1 is 0.647 bits per heavy atom. The minimum Gasteiger partial charge on any atom is -0.481 e. The standard InChI is InChI=1S/C20H36N2O6Si.C16H33NO4Si/c1-6-27-29(15(2)3,16(4)5)14-8-13-21-17(23)9-7-10-20(26)28-22-18(24)11-12-19(22)25;1-6-21-22(13(2)3,14(4)5)12-8-11-17-15(18)9-7-10-16(19)20/h15-16H,6-14H2,1-5H3,(H,21,23);13-14H,6-12H2,1-5H3,(H,17,18)(H,19,20). The maximum atomic E-state index is 12.0. The van der Waals surface area contributed by atoms with Crippen molar-refractivity contribution >= 4 is 52.2 Å². The van der Waals surface area contributed by atoms with Crippen molar-refractivity contribution in [3.63, 3.8) is 0 Å². The lowest BCUT2D eigenvalue weighted by Crippen LogP contribution is -2.45. The van der Waals surface area contributed by atoms with E-state index in [2.05, 4.69) is 72.9 Å². The van der Waals surface area contributed by atoms with Gasteiger partial charge in [0.15, 0.2) is 16.6 Å². The predicted octanol–water partition coefficient (Wildman–Crippen LogP) is 6.62. The van der Waals surface area contributed by atoms with Gasteiger partial charge in [0.2, 0.25) is 11.8 Å². The number of hydrogen-bond acceptors (Lipinski definition) is 9. The van der Waals surface area contributed by atoms with Gasteiger partial charge in [-0.25, -0.2) is 4.79 Å². The van der Waals surface area contributed by atoms with Crippen molar-refractivity contribution in [1.29, 1.82) is 0 Å². The van der Waals surface area contributed by atoms with E-state index < -0.39 is 40.4 Å². The van der Waals surface area contributed by atoms with Crippen LogP contribution in [0.4, 0.5) is 0 Å². The Kier molecular flexibility index (Phi) is 24.1. The number of imide groups is 1. The lowest BCUT2D eigenvalue weighted by molar-refractivity contribution is -0.197. The number of carboxylic acids is 1. The number of aliphatic carboxylic acids is 1. The molecular weight excluding hydrogens is 691 g/mol. The molecule has 0 aromatic carbocycles. The van der Waals surface area contributed by atoms with Crippen LogP contribution in [-0.4, -0.2) is 88.7 Å². The molecule has 4 amide bonds. The molecule has 1 aliphatic rings. The fraction of sp³-hybridized carbons (Fsp3) is 0.833. The van der Waals surface area contributed by atoms with E-state index in [1.165, 1.54) is 0 Å². The van der Waals surface area contributed by atoms with E-state index >= 15 is 0 Å². The molecular formula is C36H69N3O10Si2. The second-order valence-electron chi connectivity index (χ2n) is 14.4. The van der Waals surface area contributed by atoms with Gasteiger partial charge in [0.05, 0.1) is 0 Å². The zero-order valence-corrected chi connectivity index (χ0v) is 35.2. The van der Waals surface area contributed by atoms with Crippen LogP contribution in [0.5, 0.6) is 0 Å². The number of nitrogens with zero attached hydrogens (tertiary/aromatic N) is 1. The number of nitrogens with one attached hydrogen (secondary N) is 2. The summed E-state index contributed by atoms with van der Waals surface area (Å²) in [4.78, 5) is 73.3. The van der Waals surface area contributed by atoms with E-state index in [0.717, 1.165) is 38.1 Å². The number of hydrogen-bond donors (Lipinski definition) is 3. The fourth-order valence-corrected chi connectivity index (χ4v) is 15.9. The van der Waals surface area contributed by atoms with Crippen LogP contribution < -0.4 is 10.6 Å². The molecule has 0 unspecified atom stereocenters. The Morgan fingerprint density at radius 2 is 1.02 bits per heavy atom. The summed E-state index contributed by atoms with van der Waals surface area (Å²) in [7, 11) is -3.66. The van der Waals surface area contributed by atoms with E-state index in [4.69, 9.17) is 18.8 Å². The maximum absolute atomic E-state index is 12.0. The largest absolute Gasteiger partial charge is 0.481 e. The van der Waals surface area contributed by atoms with E-state index in [0.29, 0.717) is 53.2 Å². The molecule has 0 atom stereocenters. The van der Waals surface area contributed by atoms with Crippen molar-refractivity contribution in [1.82, 2.24) is 15.7 Å². The summed E-state index contributed by atoms with van der Waals surface area (Å²) in [6.07, 6.45) is 3.13. The number of amides is 4. The van der Waals surface area contributed by atoms with Gasteiger partial charge in [0.1, 0.15) is 0 Å². The molecule has 3 N–H and O–H groups in total. The molecule has 0 radical (unpaired) electrons. The first-order valence-electron chi connectivity index (χ1n) is 19.0. The molecule has 15 heteroatoms. The van der Waals surface area contributed by atoms with Gasteiger partial charge in [-0.05, 0) is 73.8 Å². The Balaban J connectivity index is 0.00000102. The van der Waals surface area contributed by atoms with Crippen LogP contribution in [-0.2, 0) is 42.5 Å². The number of carbonyl (C=O) groups is 6. The quantitative estimate of drug-likeness (QED) is 0.0521. The molecule has 0 aromatic heterocycles. The third-order valence-corrected chi connectivity index (χ3v) is 21.4. The van der Waals surface area contributed by atoms with Gasteiger partial charge in [0, 0.05) is 64.8 Å².